The fourth-order valence-corrected chi connectivity index (χ4v) is 3.56. The van der Waals surface area contributed by atoms with E-state index in [2.05, 4.69) is 40.4 Å². The lowest BCUT2D eigenvalue weighted by Gasteiger charge is -2.34. The highest BCUT2D eigenvalue weighted by Gasteiger charge is 2.17. The van der Waals surface area contributed by atoms with Crippen LogP contribution < -0.4 is 15.0 Å². The summed E-state index contributed by atoms with van der Waals surface area (Å²) in [4.78, 5) is 17.3. The highest BCUT2D eigenvalue weighted by molar-refractivity contribution is 5.94. The molecule has 0 bridgehead atoms. The van der Waals surface area contributed by atoms with E-state index in [1.165, 1.54) is 5.69 Å². The van der Waals surface area contributed by atoms with E-state index in [-0.39, 0.29) is 5.91 Å². The number of hydrogen-bond acceptors (Lipinski definition) is 4. The van der Waals surface area contributed by atoms with Crippen LogP contribution in [0.4, 0.5) is 11.4 Å². The summed E-state index contributed by atoms with van der Waals surface area (Å²) in [5.41, 5.74) is 1.97. The van der Waals surface area contributed by atoms with Gasteiger partial charge in [0, 0.05) is 37.6 Å². The number of amides is 1. The molecule has 1 atom stereocenters. The van der Waals surface area contributed by atoms with Crippen molar-refractivity contribution in [3.63, 3.8) is 0 Å². The quantitative estimate of drug-likeness (QED) is 0.716. The summed E-state index contributed by atoms with van der Waals surface area (Å²) in [6, 6.07) is 22.0. The van der Waals surface area contributed by atoms with Gasteiger partial charge in [-0.05, 0) is 61.1 Å². The van der Waals surface area contributed by atoms with Crippen LogP contribution in [0, 0.1) is 0 Å². The van der Waals surface area contributed by atoms with Gasteiger partial charge in [0.15, 0.2) is 6.10 Å². The van der Waals surface area contributed by atoms with Crippen molar-refractivity contribution in [3.8, 4) is 5.75 Å². The molecule has 0 unspecified atom stereocenters. The van der Waals surface area contributed by atoms with Crippen molar-refractivity contribution in [2.75, 3.05) is 43.4 Å². The fraction of sp³-hybridized carbons (Fsp3) is 0.292. The molecular formula is C24H27N3O2. The summed E-state index contributed by atoms with van der Waals surface area (Å²) < 4.78 is 5.86. The van der Waals surface area contributed by atoms with E-state index in [0.29, 0.717) is 5.75 Å². The normalized spacial score (nSPS) is 15.9. The first kappa shape index (κ1) is 19.3. The lowest BCUT2D eigenvalue weighted by atomic mass is 10.1. The number of ether oxygens (including phenoxy) is 1. The molecule has 5 nitrogen and oxygen atoms in total. The number of carbonyl (C=O) groups excluding carboxylic acids is 1. The zero-order valence-corrected chi connectivity index (χ0v) is 17.0. The van der Waals surface area contributed by atoms with Crippen LogP contribution >= 0.6 is 0 Å². The van der Waals surface area contributed by atoms with Gasteiger partial charge in [-0.15, -0.1) is 0 Å². The van der Waals surface area contributed by atoms with Crippen LogP contribution in [0.15, 0.2) is 66.7 Å². The molecule has 0 radical (unpaired) electrons. The van der Waals surface area contributed by atoms with E-state index < -0.39 is 6.10 Å². The Balaban J connectivity index is 1.35. The molecule has 3 aromatic rings. The summed E-state index contributed by atoms with van der Waals surface area (Å²) in [6.07, 6.45) is -0.589. The van der Waals surface area contributed by atoms with Gasteiger partial charge in [0.1, 0.15) is 5.75 Å². The molecule has 0 aliphatic carbocycles. The van der Waals surface area contributed by atoms with Crippen molar-refractivity contribution in [1.29, 1.82) is 0 Å². The van der Waals surface area contributed by atoms with Gasteiger partial charge in [-0.25, -0.2) is 0 Å². The topological polar surface area (TPSA) is 44.8 Å². The van der Waals surface area contributed by atoms with E-state index in [9.17, 15) is 4.79 Å². The number of fused-ring (bicyclic) bond motifs is 1. The maximum atomic E-state index is 12.6. The SMILES string of the molecule is C[C@H](Oc1ccc2ccccc2c1)C(=O)Nc1ccc(N2CCN(C)CC2)cc1. The van der Waals surface area contributed by atoms with Gasteiger partial charge in [0.25, 0.3) is 5.91 Å². The standard InChI is InChI=1S/C24H27N3O2/c1-18(29-23-12-7-19-5-3-4-6-20(19)17-23)24(28)25-21-8-10-22(11-9-21)27-15-13-26(2)14-16-27/h3-12,17-18H,13-16H2,1-2H3,(H,25,28)/t18-/m0/s1. The van der Waals surface area contributed by atoms with E-state index in [4.69, 9.17) is 4.74 Å². The average Bonchev–Trinajstić information content (AvgIpc) is 2.75. The molecule has 1 N–H and O–H groups in total. The second kappa shape index (κ2) is 8.53. The van der Waals surface area contributed by atoms with Gasteiger partial charge in [-0.3, -0.25) is 4.79 Å². The van der Waals surface area contributed by atoms with Crippen LogP contribution in [-0.2, 0) is 4.79 Å². The molecule has 4 rings (SSSR count). The van der Waals surface area contributed by atoms with Crippen LogP contribution in [-0.4, -0.2) is 50.1 Å². The van der Waals surface area contributed by atoms with Crippen LogP contribution in [0.3, 0.4) is 0 Å². The highest BCUT2D eigenvalue weighted by atomic mass is 16.5. The van der Waals surface area contributed by atoms with Gasteiger partial charge < -0.3 is 19.9 Å². The van der Waals surface area contributed by atoms with Crippen molar-refractivity contribution in [2.45, 2.75) is 13.0 Å². The number of nitrogens with one attached hydrogen (secondary N) is 1. The Morgan fingerprint density at radius 3 is 2.34 bits per heavy atom. The number of likely N-dealkylation sites (N-methyl/N-ethyl adjacent to an activating group) is 1. The molecule has 1 heterocycles. The maximum absolute atomic E-state index is 12.6. The molecule has 5 heteroatoms. The van der Waals surface area contributed by atoms with Crippen LogP contribution in [0.25, 0.3) is 10.8 Å². The van der Waals surface area contributed by atoms with Gasteiger partial charge in [-0.1, -0.05) is 30.3 Å². The van der Waals surface area contributed by atoms with Gasteiger partial charge in [0.05, 0.1) is 0 Å². The number of benzene rings is 3. The Morgan fingerprint density at radius 1 is 0.931 bits per heavy atom. The molecular weight excluding hydrogens is 362 g/mol. The van der Waals surface area contributed by atoms with Crippen molar-refractivity contribution in [3.05, 3.63) is 66.7 Å². The lowest BCUT2D eigenvalue weighted by Crippen LogP contribution is -2.44. The van der Waals surface area contributed by atoms with Gasteiger partial charge in [-0.2, -0.15) is 0 Å². The van der Waals surface area contributed by atoms with E-state index >= 15 is 0 Å². The summed E-state index contributed by atoms with van der Waals surface area (Å²) in [5, 5.41) is 5.19. The molecule has 3 aromatic carbocycles. The number of carbonyl (C=O) groups is 1. The maximum Gasteiger partial charge on any atom is 0.265 e. The Kier molecular flexibility index (Phi) is 5.67. The molecule has 1 aliphatic heterocycles. The smallest absolute Gasteiger partial charge is 0.265 e. The summed E-state index contributed by atoms with van der Waals surface area (Å²) in [6.45, 7) is 5.96. The van der Waals surface area contributed by atoms with E-state index in [1.807, 2.05) is 48.5 Å². The minimum Gasteiger partial charge on any atom is -0.481 e. The van der Waals surface area contributed by atoms with Crippen LogP contribution in [0.5, 0.6) is 5.75 Å². The molecule has 0 saturated carbocycles. The Morgan fingerprint density at radius 2 is 1.62 bits per heavy atom. The summed E-state index contributed by atoms with van der Waals surface area (Å²) in [7, 11) is 2.15. The molecule has 29 heavy (non-hydrogen) atoms. The largest absolute Gasteiger partial charge is 0.481 e. The third-order valence-electron chi connectivity index (χ3n) is 5.41. The minimum atomic E-state index is -0.589. The molecule has 150 valence electrons. The van der Waals surface area contributed by atoms with Crippen LogP contribution in [0.1, 0.15) is 6.92 Å². The van der Waals surface area contributed by atoms with Crippen molar-refractivity contribution >= 4 is 28.1 Å². The van der Waals surface area contributed by atoms with Crippen molar-refractivity contribution in [1.82, 2.24) is 4.90 Å². The molecule has 1 fully saturated rings. The zero-order chi connectivity index (χ0) is 20.2. The zero-order valence-electron chi connectivity index (χ0n) is 17.0. The van der Waals surface area contributed by atoms with Gasteiger partial charge >= 0.3 is 0 Å². The van der Waals surface area contributed by atoms with Crippen molar-refractivity contribution < 1.29 is 9.53 Å². The summed E-state index contributed by atoms with van der Waals surface area (Å²) >= 11 is 0. The predicted molar refractivity (Wildman–Crippen MR) is 119 cm³/mol. The van der Waals surface area contributed by atoms with E-state index in [0.717, 1.165) is 42.6 Å². The second-order valence-electron chi connectivity index (χ2n) is 7.60. The van der Waals surface area contributed by atoms with Gasteiger partial charge in [0.2, 0.25) is 0 Å². The van der Waals surface area contributed by atoms with Crippen molar-refractivity contribution in [2.24, 2.45) is 0 Å². The highest BCUT2D eigenvalue weighted by Crippen LogP contribution is 2.22. The van der Waals surface area contributed by atoms with E-state index in [1.54, 1.807) is 6.92 Å². The molecule has 0 aromatic heterocycles. The number of piperazine rings is 1. The fourth-order valence-electron chi connectivity index (χ4n) is 3.56. The Labute approximate surface area is 171 Å². The monoisotopic (exact) mass is 389 g/mol. The molecule has 1 aliphatic rings. The number of rotatable bonds is 5. The Bertz CT molecular complexity index is 979. The average molecular weight is 389 g/mol. The Hall–Kier alpha value is -3.05. The third kappa shape index (κ3) is 4.69. The predicted octanol–water partition coefficient (Wildman–Crippen LogP) is 4.00. The second-order valence-corrected chi connectivity index (χ2v) is 7.60. The molecule has 0 spiro atoms. The lowest BCUT2D eigenvalue weighted by molar-refractivity contribution is -0.122. The molecule has 1 saturated heterocycles. The first-order chi connectivity index (χ1) is 14.1. The minimum absolute atomic E-state index is 0.162. The molecule has 1 amide bonds. The summed E-state index contributed by atoms with van der Waals surface area (Å²) in [5.74, 6) is 0.530. The first-order valence-electron chi connectivity index (χ1n) is 10.1. The number of nitrogens with zero attached hydrogens (tertiary/aromatic N) is 2. The first-order valence-corrected chi connectivity index (χ1v) is 10.1. The third-order valence-corrected chi connectivity index (χ3v) is 5.41. The number of anilines is 2. The number of hydrogen-bond donors (Lipinski definition) is 1. The van der Waals surface area contributed by atoms with Crippen LogP contribution in [0.2, 0.25) is 0 Å².